The quantitative estimate of drug-likeness (QED) is 0.553. The molecule has 0 aliphatic carbocycles. The van der Waals surface area contributed by atoms with Crippen LogP contribution in [-0.4, -0.2) is 11.6 Å². The summed E-state index contributed by atoms with van der Waals surface area (Å²) in [6.07, 6.45) is 1.15. The van der Waals surface area contributed by atoms with Gasteiger partial charge in [-0.2, -0.15) is 5.10 Å². The second-order valence-corrected chi connectivity index (χ2v) is 5.78. The molecule has 0 fully saturated rings. The van der Waals surface area contributed by atoms with Crippen LogP contribution in [0, 0.1) is 0 Å². The van der Waals surface area contributed by atoms with Gasteiger partial charge in [0.1, 0.15) is 0 Å². The highest BCUT2D eigenvalue weighted by atomic mass is 16.2. The zero-order valence-electron chi connectivity index (χ0n) is 13.7. The van der Waals surface area contributed by atoms with E-state index in [4.69, 9.17) is 0 Å². The Bertz CT molecular complexity index is 869. The molecule has 0 aromatic heterocycles. The van der Waals surface area contributed by atoms with Crippen LogP contribution in [0.4, 0.5) is 0 Å². The van der Waals surface area contributed by atoms with Crippen molar-refractivity contribution in [1.82, 2.24) is 5.43 Å². The molecule has 0 saturated carbocycles. The van der Waals surface area contributed by atoms with Gasteiger partial charge in [-0.05, 0) is 41.3 Å². The average molecular weight is 316 g/mol. The summed E-state index contributed by atoms with van der Waals surface area (Å²) in [7, 11) is 0. The molecule has 3 aromatic carbocycles. The lowest BCUT2D eigenvalue weighted by molar-refractivity contribution is -0.121. The van der Waals surface area contributed by atoms with Gasteiger partial charge in [0.05, 0.1) is 5.71 Å². The van der Waals surface area contributed by atoms with E-state index in [0.717, 1.165) is 23.3 Å². The molecule has 0 unspecified atom stereocenters. The summed E-state index contributed by atoms with van der Waals surface area (Å²) < 4.78 is 0. The lowest BCUT2D eigenvalue weighted by Crippen LogP contribution is -2.19. The van der Waals surface area contributed by atoms with E-state index in [2.05, 4.69) is 34.8 Å². The van der Waals surface area contributed by atoms with E-state index < -0.39 is 0 Å². The van der Waals surface area contributed by atoms with Crippen molar-refractivity contribution in [2.24, 2.45) is 5.10 Å². The van der Waals surface area contributed by atoms with Crippen LogP contribution in [0.3, 0.4) is 0 Å². The van der Waals surface area contributed by atoms with Gasteiger partial charge in [-0.1, -0.05) is 66.7 Å². The van der Waals surface area contributed by atoms with Crippen LogP contribution >= 0.6 is 0 Å². The molecule has 120 valence electrons. The Balaban J connectivity index is 1.61. The Labute approximate surface area is 142 Å². The van der Waals surface area contributed by atoms with Crippen molar-refractivity contribution in [3.8, 4) is 0 Å². The van der Waals surface area contributed by atoms with Gasteiger partial charge < -0.3 is 0 Å². The zero-order valence-corrected chi connectivity index (χ0v) is 13.7. The van der Waals surface area contributed by atoms with Gasteiger partial charge in [0.15, 0.2) is 0 Å². The molecular formula is C21H20N2O. The Morgan fingerprint density at radius 1 is 0.917 bits per heavy atom. The molecule has 3 aromatic rings. The number of fused-ring (bicyclic) bond motifs is 1. The highest BCUT2D eigenvalue weighted by Gasteiger charge is 2.03. The number of nitrogens with one attached hydrogen (secondary N) is 1. The Hall–Kier alpha value is -2.94. The first kappa shape index (κ1) is 15.9. The lowest BCUT2D eigenvalue weighted by Gasteiger charge is -2.05. The number of carbonyl (C=O) groups excluding carboxylic acids is 1. The molecule has 3 rings (SSSR count). The molecule has 0 aliphatic rings. The van der Waals surface area contributed by atoms with Gasteiger partial charge in [0.25, 0.3) is 0 Å². The van der Waals surface area contributed by atoms with E-state index in [1.54, 1.807) is 0 Å². The van der Waals surface area contributed by atoms with Crippen LogP contribution < -0.4 is 5.43 Å². The summed E-state index contributed by atoms with van der Waals surface area (Å²) in [5, 5.41) is 6.59. The maximum Gasteiger partial charge on any atom is 0.240 e. The van der Waals surface area contributed by atoms with E-state index in [1.807, 2.05) is 55.5 Å². The van der Waals surface area contributed by atoms with Crippen LogP contribution in [0.2, 0.25) is 0 Å². The summed E-state index contributed by atoms with van der Waals surface area (Å²) in [5.74, 6) is -0.0704. The smallest absolute Gasteiger partial charge is 0.240 e. The highest BCUT2D eigenvalue weighted by molar-refractivity contribution is 6.02. The summed E-state index contributed by atoms with van der Waals surface area (Å²) in [6.45, 7) is 1.90. The number of rotatable bonds is 5. The number of hydrogen-bond donors (Lipinski definition) is 1. The Morgan fingerprint density at radius 3 is 2.42 bits per heavy atom. The highest BCUT2D eigenvalue weighted by Crippen LogP contribution is 2.16. The lowest BCUT2D eigenvalue weighted by atomic mass is 10.0. The van der Waals surface area contributed by atoms with E-state index in [-0.39, 0.29) is 5.91 Å². The fourth-order valence-electron chi connectivity index (χ4n) is 2.58. The molecular weight excluding hydrogens is 296 g/mol. The maximum absolute atomic E-state index is 11.9. The van der Waals surface area contributed by atoms with Crippen molar-refractivity contribution in [2.75, 3.05) is 0 Å². The number of hydrogen-bond acceptors (Lipinski definition) is 2. The van der Waals surface area contributed by atoms with Gasteiger partial charge in [-0.15, -0.1) is 0 Å². The predicted molar refractivity (Wildman–Crippen MR) is 99.1 cm³/mol. The second-order valence-electron chi connectivity index (χ2n) is 5.78. The third kappa shape index (κ3) is 4.07. The van der Waals surface area contributed by atoms with Crippen molar-refractivity contribution >= 4 is 22.4 Å². The summed E-state index contributed by atoms with van der Waals surface area (Å²) in [5.41, 5.74) is 5.61. The van der Waals surface area contributed by atoms with Gasteiger partial charge in [-0.25, -0.2) is 5.43 Å². The average Bonchev–Trinajstić information content (AvgIpc) is 2.65. The molecule has 24 heavy (non-hydrogen) atoms. The normalized spacial score (nSPS) is 11.5. The maximum atomic E-state index is 11.9. The third-order valence-electron chi connectivity index (χ3n) is 4.00. The first-order chi connectivity index (χ1) is 11.7. The first-order valence-electron chi connectivity index (χ1n) is 8.08. The minimum atomic E-state index is -0.0704. The van der Waals surface area contributed by atoms with Crippen molar-refractivity contribution in [3.63, 3.8) is 0 Å². The molecule has 0 saturated heterocycles. The van der Waals surface area contributed by atoms with Crippen molar-refractivity contribution in [3.05, 3.63) is 83.9 Å². The summed E-state index contributed by atoms with van der Waals surface area (Å²) >= 11 is 0. The second kappa shape index (κ2) is 7.55. The van der Waals surface area contributed by atoms with Gasteiger partial charge in [-0.3, -0.25) is 4.79 Å². The van der Waals surface area contributed by atoms with Crippen LogP contribution in [0.15, 0.2) is 77.9 Å². The SMILES string of the molecule is C/C(=N\NC(=O)CCc1ccccc1)c1ccc2ccccc2c1. The monoisotopic (exact) mass is 316 g/mol. The van der Waals surface area contributed by atoms with Crippen LogP contribution in [0.25, 0.3) is 10.8 Å². The number of aryl methyl sites for hydroxylation is 1. The van der Waals surface area contributed by atoms with Crippen molar-refractivity contribution in [2.45, 2.75) is 19.8 Å². The van der Waals surface area contributed by atoms with Gasteiger partial charge in [0, 0.05) is 6.42 Å². The summed E-state index contributed by atoms with van der Waals surface area (Å²) in [4.78, 5) is 11.9. The minimum Gasteiger partial charge on any atom is -0.273 e. The number of nitrogens with zero attached hydrogens (tertiary/aromatic N) is 1. The number of amides is 1. The number of benzene rings is 3. The number of carbonyl (C=O) groups is 1. The van der Waals surface area contributed by atoms with Crippen molar-refractivity contribution in [1.29, 1.82) is 0 Å². The van der Waals surface area contributed by atoms with Crippen LogP contribution in [0.1, 0.15) is 24.5 Å². The van der Waals surface area contributed by atoms with E-state index in [1.165, 1.54) is 10.8 Å². The van der Waals surface area contributed by atoms with E-state index in [0.29, 0.717) is 6.42 Å². The van der Waals surface area contributed by atoms with E-state index in [9.17, 15) is 4.79 Å². The Morgan fingerprint density at radius 2 is 1.62 bits per heavy atom. The predicted octanol–water partition coefficient (Wildman–Crippen LogP) is 4.31. The standard InChI is InChI=1S/C21H20N2O/c1-16(19-13-12-18-9-5-6-10-20(18)15-19)22-23-21(24)14-11-17-7-3-2-4-8-17/h2-10,12-13,15H,11,14H2,1H3,(H,23,24)/b22-16+. The molecule has 0 aliphatic heterocycles. The molecule has 3 nitrogen and oxygen atoms in total. The molecule has 0 atom stereocenters. The fourth-order valence-corrected chi connectivity index (χ4v) is 2.58. The molecule has 0 spiro atoms. The van der Waals surface area contributed by atoms with Crippen molar-refractivity contribution < 1.29 is 4.79 Å². The van der Waals surface area contributed by atoms with Crippen LogP contribution in [0.5, 0.6) is 0 Å². The topological polar surface area (TPSA) is 41.5 Å². The largest absolute Gasteiger partial charge is 0.273 e. The van der Waals surface area contributed by atoms with Gasteiger partial charge >= 0.3 is 0 Å². The molecule has 3 heteroatoms. The summed E-state index contributed by atoms with van der Waals surface area (Å²) in [6, 6.07) is 24.4. The first-order valence-corrected chi connectivity index (χ1v) is 8.08. The zero-order chi connectivity index (χ0) is 16.8. The molecule has 0 heterocycles. The Kier molecular flexibility index (Phi) is 5.02. The molecule has 0 radical (unpaired) electrons. The van der Waals surface area contributed by atoms with E-state index >= 15 is 0 Å². The fraction of sp³-hybridized carbons (Fsp3) is 0.143. The van der Waals surface area contributed by atoms with Gasteiger partial charge in [0.2, 0.25) is 5.91 Å². The minimum absolute atomic E-state index is 0.0704. The third-order valence-corrected chi connectivity index (χ3v) is 4.00. The van der Waals surface area contributed by atoms with Crippen LogP contribution in [-0.2, 0) is 11.2 Å². The molecule has 1 amide bonds. The molecule has 1 N–H and O–H groups in total. The number of hydrazone groups is 1. The molecule has 0 bridgehead atoms.